The number of likely N-dealkylation sites (N-methyl/N-ethyl adjacent to an activating group) is 2. The van der Waals surface area contributed by atoms with Gasteiger partial charge in [-0.15, -0.1) is 0 Å². The van der Waals surface area contributed by atoms with Crippen molar-refractivity contribution in [3.05, 3.63) is 67.6 Å². The molecular formula is C26H30N8O2. The summed E-state index contributed by atoms with van der Waals surface area (Å²) in [4.78, 5) is 29.9. The number of amides is 1. The predicted octanol–water partition coefficient (Wildman–Crippen LogP) is 3.69. The Kier molecular flexibility index (Phi) is 7.45. The molecule has 2 N–H and O–H groups in total. The molecule has 0 fully saturated rings. The predicted molar refractivity (Wildman–Crippen MR) is 144 cm³/mol. The fraction of sp³-hybridized carbons (Fsp3) is 0.231. The molecule has 10 nitrogen and oxygen atoms in total. The van der Waals surface area contributed by atoms with Crippen molar-refractivity contribution in [1.29, 1.82) is 0 Å². The van der Waals surface area contributed by atoms with Gasteiger partial charge in [-0.2, -0.15) is 4.98 Å². The Labute approximate surface area is 210 Å². The summed E-state index contributed by atoms with van der Waals surface area (Å²) < 4.78 is 7.58. The number of imidazole rings is 1. The van der Waals surface area contributed by atoms with E-state index in [0.29, 0.717) is 34.2 Å². The second-order valence-electron chi connectivity index (χ2n) is 8.47. The number of carbonyl (C=O) groups is 1. The number of ether oxygens (including phenoxy) is 1. The zero-order valence-electron chi connectivity index (χ0n) is 20.9. The molecule has 4 aromatic rings. The molecule has 0 radical (unpaired) electrons. The smallest absolute Gasteiger partial charge is 0.247 e. The monoisotopic (exact) mass is 486 g/mol. The molecule has 186 valence electrons. The summed E-state index contributed by atoms with van der Waals surface area (Å²) in [5, 5.41) is 6.14. The summed E-state index contributed by atoms with van der Waals surface area (Å²) >= 11 is 0. The molecule has 0 aliphatic heterocycles. The molecule has 10 heteroatoms. The van der Waals surface area contributed by atoms with Gasteiger partial charge in [0.2, 0.25) is 11.9 Å². The second-order valence-corrected chi connectivity index (χ2v) is 8.47. The fourth-order valence-corrected chi connectivity index (χ4v) is 3.67. The first-order chi connectivity index (χ1) is 17.4. The molecule has 2 heterocycles. The quantitative estimate of drug-likeness (QED) is 0.328. The third-order valence-corrected chi connectivity index (χ3v) is 5.63. The first-order valence-electron chi connectivity index (χ1n) is 11.4. The maximum Gasteiger partial charge on any atom is 0.247 e. The van der Waals surface area contributed by atoms with Crippen LogP contribution in [0.15, 0.2) is 67.6 Å². The van der Waals surface area contributed by atoms with Crippen LogP contribution in [0.4, 0.5) is 23.0 Å². The summed E-state index contributed by atoms with van der Waals surface area (Å²) in [6.07, 6.45) is 4.63. The number of carbonyl (C=O) groups excluding carboxylic acids is 1. The van der Waals surface area contributed by atoms with E-state index in [1.54, 1.807) is 19.6 Å². The van der Waals surface area contributed by atoms with E-state index in [4.69, 9.17) is 9.72 Å². The largest absolute Gasteiger partial charge is 0.494 e. The van der Waals surface area contributed by atoms with Crippen LogP contribution in [0.1, 0.15) is 0 Å². The van der Waals surface area contributed by atoms with E-state index in [0.717, 1.165) is 24.5 Å². The van der Waals surface area contributed by atoms with E-state index >= 15 is 0 Å². The average Bonchev–Trinajstić information content (AvgIpc) is 3.31. The Morgan fingerprint density at radius 1 is 1.11 bits per heavy atom. The molecule has 0 saturated carbocycles. The maximum absolute atomic E-state index is 12.2. The van der Waals surface area contributed by atoms with Crippen LogP contribution in [0.2, 0.25) is 0 Å². The summed E-state index contributed by atoms with van der Waals surface area (Å²) in [5.41, 5.74) is 4.31. The SMILES string of the molecule is C=CC(=O)Nc1cc(Nc2ncc3ncn(-c4ccccc4)c3n2)c(OC)cc1N(C)CCN(C)C. The van der Waals surface area contributed by atoms with Gasteiger partial charge in [-0.05, 0) is 38.4 Å². The number of anilines is 4. The van der Waals surface area contributed by atoms with Crippen LogP contribution in [-0.2, 0) is 4.79 Å². The van der Waals surface area contributed by atoms with Crippen molar-refractivity contribution in [3.63, 3.8) is 0 Å². The Morgan fingerprint density at radius 2 is 1.89 bits per heavy atom. The molecule has 0 aliphatic rings. The van der Waals surface area contributed by atoms with E-state index in [1.165, 1.54) is 6.08 Å². The van der Waals surface area contributed by atoms with Crippen LogP contribution in [0, 0.1) is 0 Å². The molecule has 0 bridgehead atoms. The minimum absolute atomic E-state index is 0.308. The summed E-state index contributed by atoms with van der Waals surface area (Å²) in [7, 11) is 7.60. The third-order valence-electron chi connectivity index (χ3n) is 5.63. The number of hydrogen-bond donors (Lipinski definition) is 2. The number of fused-ring (bicyclic) bond motifs is 1. The first-order valence-corrected chi connectivity index (χ1v) is 11.4. The highest BCUT2D eigenvalue weighted by Gasteiger charge is 2.17. The van der Waals surface area contributed by atoms with E-state index in [1.807, 2.05) is 68.2 Å². The van der Waals surface area contributed by atoms with Crippen molar-refractivity contribution in [2.75, 3.05) is 56.9 Å². The molecule has 0 saturated heterocycles. The lowest BCUT2D eigenvalue weighted by molar-refractivity contribution is -0.111. The molecule has 0 spiro atoms. The number of para-hydroxylation sites is 1. The van der Waals surface area contributed by atoms with Gasteiger partial charge in [-0.1, -0.05) is 24.8 Å². The summed E-state index contributed by atoms with van der Waals surface area (Å²) in [6, 6.07) is 13.5. The zero-order chi connectivity index (χ0) is 25.7. The molecule has 2 aromatic carbocycles. The Balaban J connectivity index is 1.71. The highest BCUT2D eigenvalue weighted by molar-refractivity contribution is 6.02. The van der Waals surface area contributed by atoms with Crippen LogP contribution < -0.4 is 20.3 Å². The van der Waals surface area contributed by atoms with Gasteiger partial charge in [-0.25, -0.2) is 9.97 Å². The van der Waals surface area contributed by atoms with Gasteiger partial charge in [0.05, 0.1) is 30.4 Å². The lowest BCUT2D eigenvalue weighted by atomic mass is 10.2. The van der Waals surface area contributed by atoms with Crippen molar-refractivity contribution < 1.29 is 9.53 Å². The zero-order valence-corrected chi connectivity index (χ0v) is 20.9. The Hall–Kier alpha value is -4.44. The highest BCUT2D eigenvalue weighted by Crippen LogP contribution is 2.38. The normalized spacial score (nSPS) is 10.9. The molecule has 0 unspecified atom stereocenters. The van der Waals surface area contributed by atoms with E-state index in [9.17, 15) is 4.79 Å². The second kappa shape index (κ2) is 10.9. The van der Waals surface area contributed by atoms with Crippen LogP contribution in [0.5, 0.6) is 5.75 Å². The van der Waals surface area contributed by atoms with E-state index in [-0.39, 0.29) is 5.91 Å². The summed E-state index contributed by atoms with van der Waals surface area (Å²) in [5.74, 6) is 0.643. The van der Waals surface area contributed by atoms with E-state index < -0.39 is 0 Å². The number of nitrogens with zero attached hydrogens (tertiary/aromatic N) is 6. The molecule has 36 heavy (non-hydrogen) atoms. The molecule has 0 aliphatic carbocycles. The lowest BCUT2D eigenvalue weighted by Crippen LogP contribution is -2.29. The van der Waals surface area contributed by atoms with Gasteiger partial charge in [-0.3, -0.25) is 9.36 Å². The van der Waals surface area contributed by atoms with Gasteiger partial charge in [0.15, 0.2) is 5.65 Å². The van der Waals surface area contributed by atoms with Crippen molar-refractivity contribution in [2.45, 2.75) is 0 Å². The maximum atomic E-state index is 12.2. The summed E-state index contributed by atoms with van der Waals surface area (Å²) in [6.45, 7) is 5.17. The van der Waals surface area contributed by atoms with E-state index in [2.05, 4.69) is 37.0 Å². The van der Waals surface area contributed by atoms with Gasteiger partial charge >= 0.3 is 0 Å². The molecule has 2 aromatic heterocycles. The van der Waals surface area contributed by atoms with Crippen molar-refractivity contribution in [3.8, 4) is 11.4 Å². The van der Waals surface area contributed by atoms with Crippen molar-refractivity contribution in [2.24, 2.45) is 0 Å². The minimum Gasteiger partial charge on any atom is -0.494 e. The topological polar surface area (TPSA) is 100 Å². The van der Waals surface area contributed by atoms with Crippen LogP contribution in [0.3, 0.4) is 0 Å². The molecule has 1 amide bonds. The lowest BCUT2D eigenvalue weighted by Gasteiger charge is -2.25. The van der Waals surface area contributed by atoms with Gasteiger partial charge < -0.3 is 25.2 Å². The number of hydrogen-bond acceptors (Lipinski definition) is 8. The van der Waals surface area contributed by atoms with Gasteiger partial charge in [0.1, 0.15) is 17.6 Å². The molecular weight excluding hydrogens is 456 g/mol. The average molecular weight is 487 g/mol. The van der Waals surface area contributed by atoms with Crippen LogP contribution >= 0.6 is 0 Å². The number of aromatic nitrogens is 4. The molecule has 4 rings (SSSR count). The molecule has 0 atom stereocenters. The Bertz CT molecular complexity index is 1370. The number of methoxy groups -OCH3 is 1. The third kappa shape index (κ3) is 5.44. The number of nitrogens with one attached hydrogen (secondary N) is 2. The standard InChI is InChI=1S/C26H30N8O2/c1-6-24(35)29-19-14-20(23(36-5)15-22(19)33(4)13-12-32(2)3)30-26-27-16-21-25(31-26)34(17-28-21)18-10-8-7-9-11-18/h6-11,14-17H,1,12-13H2,2-5H3,(H,29,35)(H,27,30,31). The highest BCUT2D eigenvalue weighted by atomic mass is 16.5. The number of rotatable bonds is 10. The van der Waals surface area contributed by atoms with Gasteiger partial charge in [0, 0.05) is 31.9 Å². The van der Waals surface area contributed by atoms with Gasteiger partial charge in [0.25, 0.3) is 0 Å². The first kappa shape index (κ1) is 24.7. The van der Waals surface area contributed by atoms with Crippen LogP contribution in [-0.4, -0.2) is 71.7 Å². The number of benzene rings is 2. The van der Waals surface area contributed by atoms with Crippen LogP contribution in [0.25, 0.3) is 16.9 Å². The van der Waals surface area contributed by atoms with Crippen molar-refractivity contribution >= 4 is 40.1 Å². The van der Waals surface area contributed by atoms with Crippen molar-refractivity contribution in [1.82, 2.24) is 24.4 Å². The minimum atomic E-state index is -0.308. The Morgan fingerprint density at radius 3 is 2.58 bits per heavy atom. The fourth-order valence-electron chi connectivity index (χ4n) is 3.67.